The molecule has 4 aromatic rings. The zero-order valence-corrected chi connectivity index (χ0v) is 16.6. The molecule has 10 nitrogen and oxygen atoms in total. The van der Waals surface area contributed by atoms with Crippen LogP contribution in [0.15, 0.2) is 52.5 Å². The van der Waals surface area contributed by atoms with Crippen LogP contribution in [0.1, 0.15) is 0 Å². The molecule has 1 fully saturated rings. The van der Waals surface area contributed by atoms with Crippen molar-refractivity contribution in [2.24, 2.45) is 5.14 Å². The standard InChI is InChI=1S/C17H16N8O2S2/c18-29(26,27)16-13(28-10-7-19-8-10)5-4-11(15(16)17-21-23-24-22-17)12-9-20-14-3-1-2-6-25(12)14/h1-6,9-10,19H,7-8H2,(H2,18,26,27)(H,21,22,23,24). The fourth-order valence-corrected chi connectivity index (χ4v) is 5.74. The number of sulfonamides is 1. The summed E-state index contributed by atoms with van der Waals surface area (Å²) in [6.45, 7) is 1.61. The van der Waals surface area contributed by atoms with Crippen molar-refractivity contribution in [1.29, 1.82) is 0 Å². The van der Waals surface area contributed by atoms with Crippen LogP contribution in [0.5, 0.6) is 0 Å². The molecule has 0 radical (unpaired) electrons. The van der Waals surface area contributed by atoms with E-state index in [0.29, 0.717) is 21.7 Å². The van der Waals surface area contributed by atoms with Gasteiger partial charge in [-0.05, 0) is 23.4 Å². The second-order valence-corrected chi connectivity index (χ2v) is 9.41. The number of aromatic nitrogens is 6. The number of primary sulfonamides is 1. The Bertz CT molecular complexity index is 1300. The minimum absolute atomic E-state index is 0.000758. The molecule has 0 amide bonds. The van der Waals surface area contributed by atoms with Gasteiger partial charge in [-0.15, -0.1) is 22.0 Å². The van der Waals surface area contributed by atoms with Crippen molar-refractivity contribution < 1.29 is 8.42 Å². The first kappa shape index (κ1) is 18.2. The number of pyridine rings is 1. The van der Waals surface area contributed by atoms with E-state index in [2.05, 4.69) is 30.9 Å². The molecule has 12 heteroatoms. The van der Waals surface area contributed by atoms with Crippen LogP contribution in [-0.2, 0) is 10.0 Å². The summed E-state index contributed by atoms with van der Waals surface area (Å²) in [7, 11) is -4.08. The maximum absolute atomic E-state index is 12.7. The van der Waals surface area contributed by atoms with E-state index >= 15 is 0 Å². The van der Waals surface area contributed by atoms with Gasteiger partial charge in [0.2, 0.25) is 15.8 Å². The highest BCUT2D eigenvalue weighted by Crippen LogP contribution is 2.41. The summed E-state index contributed by atoms with van der Waals surface area (Å²) in [5.41, 5.74) is 2.35. The lowest BCUT2D eigenvalue weighted by molar-refractivity contribution is 0.543. The summed E-state index contributed by atoms with van der Waals surface area (Å²) < 4.78 is 27.2. The Morgan fingerprint density at radius 2 is 2.07 bits per heavy atom. The molecule has 0 bridgehead atoms. The molecule has 3 aromatic heterocycles. The van der Waals surface area contributed by atoms with E-state index in [1.807, 2.05) is 34.9 Å². The molecular weight excluding hydrogens is 412 g/mol. The molecule has 1 saturated heterocycles. The monoisotopic (exact) mass is 428 g/mol. The van der Waals surface area contributed by atoms with Crippen molar-refractivity contribution in [3.63, 3.8) is 0 Å². The van der Waals surface area contributed by atoms with Crippen LogP contribution < -0.4 is 10.5 Å². The van der Waals surface area contributed by atoms with Crippen LogP contribution in [-0.4, -0.2) is 56.8 Å². The number of tetrazole rings is 1. The largest absolute Gasteiger partial charge is 0.314 e. The third-order valence-electron chi connectivity index (χ3n) is 4.71. The van der Waals surface area contributed by atoms with E-state index in [9.17, 15) is 8.42 Å². The third kappa shape index (κ3) is 3.19. The van der Waals surface area contributed by atoms with E-state index in [1.165, 1.54) is 11.8 Å². The maximum atomic E-state index is 12.7. The van der Waals surface area contributed by atoms with Gasteiger partial charge in [0.25, 0.3) is 0 Å². The molecule has 4 N–H and O–H groups in total. The first-order chi connectivity index (χ1) is 14.0. The summed E-state index contributed by atoms with van der Waals surface area (Å²) in [5, 5.41) is 23.2. The van der Waals surface area contributed by atoms with Gasteiger partial charge in [0.15, 0.2) is 0 Å². The van der Waals surface area contributed by atoms with Gasteiger partial charge in [-0.3, -0.25) is 4.40 Å². The van der Waals surface area contributed by atoms with Crippen LogP contribution in [0.4, 0.5) is 0 Å². The summed E-state index contributed by atoms with van der Waals surface area (Å²) in [6.07, 6.45) is 3.54. The van der Waals surface area contributed by atoms with Gasteiger partial charge in [0.1, 0.15) is 10.5 Å². The number of aromatic amines is 1. The van der Waals surface area contributed by atoms with E-state index < -0.39 is 10.0 Å². The molecule has 1 aromatic carbocycles. The third-order valence-corrected chi connectivity index (χ3v) is 7.09. The first-order valence-corrected chi connectivity index (χ1v) is 11.2. The highest BCUT2D eigenvalue weighted by molar-refractivity contribution is 8.00. The number of rotatable bonds is 5. The molecule has 29 heavy (non-hydrogen) atoms. The average Bonchev–Trinajstić information content (AvgIpc) is 3.33. The fraction of sp³-hybridized carbons (Fsp3) is 0.176. The number of hydrogen-bond donors (Lipinski definition) is 3. The number of H-pyrrole nitrogens is 1. The van der Waals surface area contributed by atoms with Crippen molar-refractivity contribution in [3.8, 4) is 22.6 Å². The van der Waals surface area contributed by atoms with Crippen molar-refractivity contribution in [2.75, 3.05) is 13.1 Å². The van der Waals surface area contributed by atoms with Gasteiger partial charge in [-0.2, -0.15) is 5.21 Å². The van der Waals surface area contributed by atoms with Crippen LogP contribution in [0.25, 0.3) is 28.3 Å². The minimum atomic E-state index is -4.08. The molecule has 1 aliphatic rings. The van der Waals surface area contributed by atoms with E-state index in [0.717, 1.165) is 18.7 Å². The summed E-state index contributed by atoms with van der Waals surface area (Å²) in [4.78, 5) is 4.97. The van der Waals surface area contributed by atoms with Crippen LogP contribution >= 0.6 is 11.8 Å². The SMILES string of the molecule is NS(=O)(=O)c1c(SC2CNC2)ccc(-c2cnc3ccccn23)c1-c1nn[nH]n1. The maximum Gasteiger partial charge on any atom is 0.239 e. The van der Waals surface area contributed by atoms with Crippen LogP contribution in [0.2, 0.25) is 0 Å². The number of fused-ring (bicyclic) bond motifs is 1. The minimum Gasteiger partial charge on any atom is -0.314 e. The molecule has 0 unspecified atom stereocenters. The molecule has 4 heterocycles. The van der Waals surface area contributed by atoms with E-state index in [-0.39, 0.29) is 16.0 Å². The van der Waals surface area contributed by atoms with Gasteiger partial charge in [-0.25, -0.2) is 18.5 Å². The highest BCUT2D eigenvalue weighted by Gasteiger charge is 2.30. The Labute approximate surface area is 170 Å². The number of nitrogens with two attached hydrogens (primary N) is 1. The molecule has 1 aliphatic heterocycles. The molecule has 148 valence electrons. The van der Waals surface area contributed by atoms with Crippen molar-refractivity contribution in [1.82, 2.24) is 35.3 Å². The van der Waals surface area contributed by atoms with Gasteiger partial charge in [-0.1, -0.05) is 12.1 Å². The molecule has 0 saturated carbocycles. The summed E-state index contributed by atoms with van der Waals surface area (Å²) in [6, 6.07) is 9.26. The number of benzene rings is 1. The van der Waals surface area contributed by atoms with Gasteiger partial charge >= 0.3 is 0 Å². The van der Waals surface area contributed by atoms with Crippen molar-refractivity contribution >= 4 is 27.4 Å². The smallest absolute Gasteiger partial charge is 0.239 e. The Morgan fingerprint density at radius 3 is 2.76 bits per heavy atom. The van der Waals surface area contributed by atoms with Crippen LogP contribution in [0, 0.1) is 0 Å². The summed E-state index contributed by atoms with van der Waals surface area (Å²) in [5.74, 6) is 0.157. The molecule has 0 spiro atoms. The number of thioether (sulfide) groups is 1. The van der Waals surface area contributed by atoms with Gasteiger partial charge in [0.05, 0.1) is 17.5 Å². The molecule has 5 rings (SSSR count). The van der Waals surface area contributed by atoms with Gasteiger partial charge < -0.3 is 5.32 Å². The average molecular weight is 429 g/mol. The molecule has 0 atom stereocenters. The molecule has 0 aliphatic carbocycles. The quantitative estimate of drug-likeness (QED) is 0.425. The lowest BCUT2D eigenvalue weighted by Gasteiger charge is -2.27. The van der Waals surface area contributed by atoms with Crippen molar-refractivity contribution in [2.45, 2.75) is 15.0 Å². The van der Waals surface area contributed by atoms with Crippen LogP contribution in [0.3, 0.4) is 0 Å². The van der Waals surface area contributed by atoms with E-state index in [4.69, 9.17) is 5.14 Å². The van der Waals surface area contributed by atoms with Crippen molar-refractivity contribution in [3.05, 3.63) is 42.7 Å². The number of nitrogens with one attached hydrogen (secondary N) is 2. The van der Waals surface area contributed by atoms with Gasteiger partial charge in [0, 0.05) is 35.0 Å². The Morgan fingerprint density at radius 1 is 1.21 bits per heavy atom. The zero-order valence-electron chi connectivity index (χ0n) is 15.0. The number of hydrogen-bond acceptors (Lipinski definition) is 8. The normalized spacial score (nSPS) is 14.9. The zero-order chi connectivity index (χ0) is 20.0. The predicted octanol–water partition coefficient (Wildman–Crippen LogP) is 0.893. The second kappa shape index (κ2) is 6.91. The predicted molar refractivity (Wildman–Crippen MR) is 108 cm³/mol. The fourth-order valence-electron chi connectivity index (χ4n) is 3.30. The summed E-state index contributed by atoms with van der Waals surface area (Å²) >= 11 is 1.47. The number of nitrogens with zero attached hydrogens (tertiary/aromatic N) is 5. The first-order valence-electron chi connectivity index (χ1n) is 8.76. The number of imidazole rings is 1. The topological polar surface area (TPSA) is 144 Å². The lowest BCUT2D eigenvalue weighted by Crippen LogP contribution is -2.44. The Balaban J connectivity index is 1.81. The lowest BCUT2D eigenvalue weighted by atomic mass is 10.0. The molecular formula is C17H16N8O2S2. The Hall–Kier alpha value is -2.80. The Kier molecular flexibility index (Phi) is 4.35. The van der Waals surface area contributed by atoms with E-state index in [1.54, 1.807) is 12.3 Å². The highest BCUT2D eigenvalue weighted by atomic mass is 32.2. The second-order valence-electron chi connectivity index (χ2n) is 6.57.